The van der Waals surface area contributed by atoms with Crippen LogP contribution in [-0.2, 0) is 6.54 Å². The zero-order valence-electron chi connectivity index (χ0n) is 11.8. The van der Waals surface area contributed by atoms with E-state index >= 15 is 0 Å². The highest BCUT2D eigenvalue weighted by atomic mass is 16.1. The van der Waals surface area contributed by atoms with Crippen LogP contribution < -0.4 is 11.3 Å². The molecule has 0 spiro atoms. The van der Waals surface area contributed by atoms with Crippen molar-refractivity contribution in [1.29, 1.82) is 0 Å². The van der Waals surface area contributed by atoms with Gasteiger partial charge < -0.3 is 10.3 Å². The Morgan fingerprint density at radius 3 is 2.89 bits per heavy atom. The van der Waals surface area contributed by atoms with Gasteiger partial charge in [0.25, 0.3) is 5.56 Å². The fraction of sp³-hybridized carbons (Fsp3) is 0.667. The van der Waals surface area contributed by atoms with Crippen molar-refractivity contribution in [1.82, 2.24) is 9.47 Å². The Morgan fingerprint density at radius 1 is 1.37 bits per heavy atom. The standard InChI is InChI=1S/C15H25N3O/c1-2-13-6-8-17(14(11-13)12-16)9-10-18-7-4-3-5-15(18)19/h3-5,7,13-14H,2,6,8-12,16H2,1H3. The van der Waals surface area contributed by atoms with Gasteiger partial charge in [-0.1, -0.05) is 19.4 Å². The maximum atomic E-state index is 11.7. The van der Waals surface area contributed by atoms with Gasteiger partial charge in [-0.25, -0.2) is 0 Å². The lowest BCUT2D eigenvalue weighted by Crippen LogP contribution is -2.48. The quantitative estimate of drug-likeness (QED) is 0.871. The molecule has 1 aromatic heterocycles. The highest BCUT2D eigenvalue weighted by Gasteiger charge is 2.26. The summed E-state index contributed by atoms with van der Waals surface area (Å²) in [5.74, 6) is 0.823. The Labute approximate surface area is 115 Å². The smallest absolute Gasteiger partial charge is 0.250 e. The number of piperidine rings is 1. The molecule has 1 aliphatic rings. The number of hydrogen-bond acceptors (Lipinski definition) is 3. The van der Waals surface area contributed by atoms with E-state index in [-0.39, 0.29) is 5.56 Å². The van der Waals surface area contributed by atoms with Gasteiger partial charge in [0.15, 0.2) is 0 Å². The molecule has 1 fully saturated rings. The van der Waals surface area contributed by atoms with Crippen LogP contribution in [-0.4, -0.2) is 35.1 Å². The Kier molecular flexibility index (Phi) is 5.16. The van der Waals surface area contributed by atoms with E-state index in [1.54, 1.807) is 16.7 Å². The molecule has 4 nitrogen and oxygen atoms in total. The number of aromatic nitrogens is 1. The van der Waals surface area contributed by atoms with Crippen LogP contribution in [0, 0.1) is 5.92 Å². The first kappa shape index (κ1) is 14.3. The summed E-state index contributed by atoms with van der Waals surface area (Å²) in [4.78, 5) is 14.1. The summed E-state index contributed by atoms with van der Waals surface area (Å²) in [7, 11) is 0. The first-order chi connectivity index (χ1) is 9.24. The Balaban J connectivity index is 1.92. The number of nitrogens with zero attached hydrogens (tertiary/aromatic N) is 2. The molecule has 2 atom stereocenters. The number of hydrogen-bond donors (Lipinski definition) is 1. The van der Waals surface area contributed by atoms with Crippen LogP contribution in [0.4, 0.5) is 0 Å². The lowest BCUT2D eigenvalue weighted by Gasteiger charge is -2.38. The van der Waals surface area contributed by atoms with Gasteiger partial charge in [0.2, 0.25) is 0 Å². The fourth-order valence-corrected chi connectivity index (χ4v) is 2.97. The first-order valence-corrected chi connectivity index (χ1v) is 7.34. The van der Waals surface area contributed by atoms with Crippen LogP contribution in [0.2, 0.25) is 0 Å². The second-order valence-electron chi connectivity index (χ2n) is 5.46. The van der Waals surface area contributed by atoms with Crippen molar-refractivity contribution >= 4 is 0 Å². The largest absolute Gasteiger partial charge is 0.329 e. The third-order valence-corrected chi connectivity index (χ3v) is 4.32. The highest BCUT2D eigenvalue weighted by Crippen LogP contribution is 2.24. The number of pyridine rings is 1. The van der Waals surface area contributed by atoms with Crippen molar-refractivity contribution in [2.24, 2.45) is 11.7 Å². The lowest BCUT2D eigenvalue weighted by molar-refractivity contribution is 0.110. The average Bonchev–Trinajstić information content (AvgIpc) is 2.46. The zero-order valence-corrected chi connectivity index (χ0v) is 11.8. The predicted octanol–water partition coefficient (Wildman–Crippen LogP) is 1.30. The molecule has 1 aliphatic heterocycles. The molecule has 19 heavy (non-hydrogen) atoms. The van der Waals surface area contributed by atoms with Crippen LogP contribution >= 0.6 is 0 Å². The van der Waals surface area contributed by atoms with Crippen LogP contribution in [0.5, 0.6) is 0 Å². The minimum Gasteiger partial charge on any atom is -0.329 e. The molecule has 1 aromatic rings. The molecule has 0 aromatic carbocycles. The van der Waals surface area contributed by atoms with Gasteiger partial charge in [-0.2, -0.15) is 0 Å². The molecule has 4 heteroatoms. The summed E-state index contributed by atoms with van der Waals surface area (Å²) >= 11 is 0. The Morgan fingerprint density at radius 2 is 2.21 bits per heavy atom. The number of rotatable bonds is 5. The molecular weight excluding hydrogens is 238 g/mol. The summed E-state index contributed by atoms with van der Waals surface area (Å²) in [5, 5.41) is 0. The SMILES string of the molecule is CCC1CCN(CCn2ccccc2=O)C(CN)C1. The molecule has 2 rings (SSSR count). The summed E-state index contributed by atoms with van der Waals surface area (Å²) in [6, 6.07) is 5.79. The molecule has 0 saturated carbocycles. The molecule has 2 heterocycles. The average molecular weight is 263 g/mol. The zero-order chi connectivity index (χ0) is 13.7. The van der Waals surface area contributed by atoms with Gasteiger partial charge in [0, 0.05) is 37.9 Å². The molecule has 2 unspecified atom stereocenters. The van der Waals surface area contributed by atoms with Crippen molar-refractivity contribution in [3.05, 3.63) is 34.7 Å². The van der Waals surface area contributed by atoms with Crippen molar-refractivity contribution < 1.29 is 0 Å². The van der Waals surface area contributed by atoms with Crippen LogP contribution in [0.15, 0.2) is 29.2 Å². The third kappa shape index (κ3) is 3.67. The summed E-state index contributed by atoms with van der Waals surface area (Å²) in [6.07, 6.45) is 5.58. The molecule has 1 saturated heterocycles. The van der Waals surface area contributed by atoms with Crippen LogP contribution in [0.25, 0.3) is 0 Å². The van der Waals surface area contributed by atoms with Gasteiger partial charge in [0.1, 0.15) is 0 Å². The van der Waals surface area contributed by atoms with Gasteiger partial charge >= 0.3 is 0 Å². The summed E-state index contributed by atoms with van der Waals surface area (Å²) in [6.45, 7) is 5.77. The molecule has 0 bridgehead atoms. The van der Waals surface area contributed by atoms with Crippen LogP contribution in [0.3, 0.4) is 0 Å². The minimum atomic E-state index is 0.0789. The summed E-state index contributed by atoms with van der Waals surface area (Å²) in [5.41, 5.74) is 5.98. The van der Waals surface area contributed by atoms with Crippen LogP contribution in [0.1, 0.15) is 26.2 Å². The van der Waals surface area contributed by atoms with E-state index in [1.807, 2.05) is 12.3 Å². The van der Waals surface area contributed by atoms with E-state index in [4.69, 9.17) is 5.73 Å². The van der Waals surface area contributed by atoms with Gasteiger partial charge in [-0.15, -0.1) is 0 Å². The molecule has 0 radical (unpaired) electrons. The number of likely N-dealkylation sites (tertiary alicyclic amines) is 1. The van der Waals surface area contributed by atoms with E-state index in [0.29, 0.717) is 6.04 Å². The number of nitrogens with two attached hydrogens (primary N) is 1. The molecular formula is C15H25N3O. The van der Waals surface area contributed by atoms with Gasteiger partial charge in [-0.3, -0.25) is 9.69 Å². The fourth-order valence-electron chi connectivity index (χ4n) is 2.97. The van der Waals surface area contributed by atoms with Gasteiger partial charge in [0.05, 0.1) is 0 Å². The van der Waals surface area contributed by atoms with E-state index in [0.717, 1.165) is 32.1 Å². The van der Waals surface area contributed by atoms with Crippen molar-refractivity contribution in [3.63, 3.8) is 0 Å². The second-order valence-corrected chi connectivity index (χ2v) is 5.46. The monoisotopic (exact) mass is 263 g/mol. The van der Waals surface area contributed by atoms with E-state index < -0.39 is 0 Å². The normalized spacial score (nSPS) is 24.5. The summed E-state index contributed by atoms with van der Waals surface area (Å²) < 4.78 is 1.78. The van der Waals surface area contributed by atoms with Gasteiger partial charge in [-0.05, 0) is 31.4 Å². The lowest BCUT2D eigenvalue weighted by atomic mass is 9.89. The van der Waals surface area contributed by atoms with E-state index in [2.05, 4.69) is 11.8 Å². The Hall–Kier alpha value is -1.13. The first-order valence-electron chi connectivity index (χ1n) is 7.34. The maximum Gasteiger partial charge on any atom is 0.250 e. The molecule has 0 aliphatic carbocycles. The Bertz CT molecular complexity index is 443. The maximum absolute atomic E-state index is 11.7. The third-order valence-electron chi connectivity index (χ3n) is 4.32. The van der Waals surface area contributed by atoms with Crippen molar-refractivity contribution in [3.8, 4) is 0 Å². The minimum absolute atomic E-state index is 0.0789. The van der Waals surface area contributed by atoms with Crippen molar-refractivity contribution in [2.45, 2.75) is 38.8 Å². The second kappa shape index (κ2) is 6.87. The van der Waals surface area contributed by atoms with E-state index in [1.165, 1.54) is 19.3 Å². The topological polar surface area (TPSA) is 51.3 Å². The van der Waals surface area contributed by atoms with E-state index in [9.17, 15) is 4.79 Å². The molecule has 2 N–H and O–H groups in total. The molecule has 106 valence electrons. The highest BCUT2D eigenvalue weighted by molar-refractivity contribution is 4.93. The van der Waals surface area contributed by atoms with Crippen molar-refractivity contribution in [2.75, 3.05) is 19.6 Å². The predicted molar refractivity (Wildman–Crippen MR) is 78.1 cm³/mol. The molecule has 0 amide bonds.